The molecule has 112 valence electrons. The maximum absolute atomic E-state index is 11.2. The monoisotopic (exact) mass is 293 g/mol. The number of fused-ring (bicyclic) bond motifs is 1. The number of aromatic amines is 1. The molecule has 3 rings (SSSR count). The Morgan fingerprint density at radius 2 is 1.95 bits per heavy atom. The molecule has 0 saturated carbocycles. The number of para-hydroxylation sites is 1. The Hall–Kier alpha value is -2.59. The predicted molar refractivity (Wildman–Crippen MR) is 89.8 cm³/mol. The van der Waals surface area contributed by atoms with Crippen LogP contribution in [0.2, 0.25) is 0 Å². The Morgan fingerprint density at radius 3 is 2.73 bits per heavy atom. The standard InChI is InChI=1S/C18H19N3O/c1-11-17(15-8-3-4-9-16(15)20-11)18(19)13-6-5-7-14(10-13)21-12(2)22/h3-10,18,20H,19H2,1-2H3,(H,21,22). The highest BCUT2D eigenvalue weighted by Crippen LogP contribution is 2.31. The molecule has 4 nitrogen and oxygen atoms in total. The van der Waals surface area contributed by atoms with Gasteiger partial charge in [0, 0.05) is 34.8 Å². The number of aromatic nitrogens is 1. The van der Waals surface area contributed by atoms with Gasteiger partial charge < -0.3 is 16.0 Å². The van der Waals surface area contributed by atoms with Crippen molar-refractivity contribution in [2.45, 2.75) is 19.9 Å². The van der Waals surface area contributed by atoms with Gasteiger partial charge in [-0.1, -0.05) is 30.3 Å². The van der Waals surface area contributed by atoms with Crippen LogP contribution in [0.4, 0.5) is 5.69 Å². The van der Waals surface area contributed by atoms with Gasteiger partial charge in [-0.25, -0.2) is 0 Å². The zero-order chi connectivity index (χ0) is 15.7. The molecule has 1 amide bonds. The third-order valence-corrected chi connectivity index (χ3v) is 3.82. The molecular formula is C18H19N3O. The fourth-order valence-electron chi connectivity index (χ4n) is 2.88. The van der Waals surface area contributed by atoms with Gasteiger partial charge in [0.05, 0.1) is 6.04 Å². The summed E-state index contributed by atoms with van der Waals surface area (Å²) in [5, 5.41) is 3.93. The minimum atomic E-state index is -0.246. The summed E-state index contributed by atoms with van der Waals surface area (Å²) in [6, 6.07) is 15.6. The van der Waals surface area contributed by atoms with Crippen molar-refractivity contribution in [3.8, 4) is 0 Å². The highest BCUT2D eigenvalue weighted by atomic mass is 16.1. The first-order chi connectivity index (χ1) is 10.6. The first kappa shape index (κ1) is 14.4. The second-order valence-electron chi connectivity index (χ2n) is 5.49. The van der Waals surface area contributed by atoms with Crippen LogP contribution in [0.5, 0.6) is 0 Å². The van der Waals surface area contributed by atoms with Gasteiger partial charge in [-0.2, -0.15) is 0 Å². The number of aryl methyl sites for hydroxylation is 1. The number of rotatable bonds is 3. The number of hydrogen-bond acceptors (Lipinski definition) is 2. The van der Waals surface area contributed by atoms with Crippen LogP contribution in [0.1, 0.15) is 29.8 Å². The summed E-state index contributed by atoms with van der Waals surface area (Å²) in [6.45, 7) is 3.53. The fraction of sp³-hybridized carbons (Fsp3) is 0.167. The number of carbonyl (C=O) groups excluding carboxylic acids is 1. The highest BCUT2D eigenvalue weighted by molar-refractivity contribution is 5.89. The van der Waals surface area contributed by atoms with Crippen LogP contribution in [0.3, 0.4) is 0 Å². The van der Waals surface area contributed by atoms with Gasteiger partial charge in [0.25, 0.3) is 0 Å². The molecule has 0 fully saturated rings. The normalized spacial score (nSPS) is 12.3. The Bertz CT molecular complexity index is 835. The van der Waals surface area contributed by atoms with E-state index in [1.807, 2.05) is 49.4 Å². The number of anilines is 1. The predicted octanol–water partition coefficient (Wildman–Crippen LogP) is 3.48. The van der Waals surface area contributed by atoms with Crippen molar-refractivity contribution in [1.29, 1.82) is 0 Å². The molecule has 1 aromatic heterocycles. The number of benzene rings is 2. The summed E-state index contributed by atoms with van der Waals surface area (Å²) in [6.07, 6.45) is 0. The van der Waals surface area contributed by atoms with Crippen LogP contribution >= 0.6 is 0 Å². The Morgan fingerprint density at radius 1 is 1.18 bits per heavy atom. The number of nitrogens with one attached hydrogen (secondary N) is 2. The molecule has 22 heavy (non-hydrogen) atoms. The maximum Gasteiger partial charge on any atom is 0.221 e. The molecule has 1 heterocycles. The second-order valence-corrected chi connectivity index (χ2v) is 5.49. The van der Waals surface area contributed by atoms with E-state index in [0.717, 1.165) is 33.4 Å². The number of hydrogen-bond donors (Lipinski definition) is 3. The van der Waals surface area contributed by atoms with Crippen molar-refractivity contribution < 1.29 is 4.79 Å². The van der Waals surface area contributed by atoms with E-state index >= 15 is 0 Å². The van der Waals surface area contributed by atoms with Crippen molar-refractivity contribution in [1.82, 2.24) is 4.98 Å². The molecule has 2 aromatic carbocycles. The molecule has 1 unspecified atom stereocenters. The maximum atomic E-state index is 11.2. The molecule has 0 aliphatic rings. The first-order valence-corrected chi connectivity index (χ1v) is 7.26. The van der Waals surface area contributed by atoms with Crippen molar-refractivity contribution in [3.05, 3.63) is 65.4 Å². The summed E-state index contributed by atoms with van der Waals surface area (Å²) >= 11 is 0. The summed E-state index contributed by atoms with van der Waals surface area (Å²) < 4.78 is 0. The largest absolute Gasteiger partial charge is 0.358 e. The van der Waals surface area contributed by atoms with E-state index in [1.54, 1.807) is 0 Å². The van der Waals surface area contributed by atoms with Gasteiger partial charge in [0.1, 0.15) is 0 Å². The first-order valence-electron chi connectivity index (χ1n) is 7.26. The van der Waals surface area contributed by atoms with Gasteiger partial charge in [0.15, 0.2) is 0 Å². The van der Waals surface area contributed by atoms with Crippen molar-refractivity contribution in [3.63, 3.8) is 0 Å². The molecule has 4 N–H and O–H groups in total. The van der Waals surface area contributed by atoms with E-state index in [-0.39, 0.29) is 11.9 Å². The molecule has 4 heteroatoms. The van der Waals surface area contributed by atoms with Crippen molar-refractivity contribution in [2.75, 3.05) is 5.32 Å². The molecule has 0 spiro atoms. The Labute approximate surface area is 129 Å². The molecular weight excluding hydrogens is 274 g/mol. The second kappa shape index (κ2) is 5.66. The Kier molecular flexibility index (Phi) is 3.69. The topological polar surface area (TPSA) is 70.9 Å². The van der Waals surface area contributed by atoms with E-state index in [2.05, 4.69) is 16.4 Å². The van der Waals surface area contributed by atoms with E-state index in [0.29, 0.717) is 0 Å². The van der Waals surface area contributed by atoms with Crippen LogP contribution in [0.25, 0.3) is 10.9 Å². The van der Waals surface area contributed by atoms with Crippen LogP contribution in [-0.2, 0) is 4.79 Å². The number of carbonyl (C=O) groups is 1. The molecule has 0 saturated heterocycles. The molecule has 0 aliphatic carbocycles. The summed E-state index contributed by atoms with van der Waals surface area (Å²) in [5.41, 5.74) is 11.5. The average molecular weight is 293 g/mol. The molecule has 1 atom stereocenters. The summed E-state index contributed by atoms with van der Waals surface area (Å²) in [7, 11) is 0. The lowest BCUT2D eigenvalue weighted by Gasteiger charge is -2.14. The van der Waals surface area contributed by atoms with Gasteiger partial charge in [-0.15, -0.1) is 0 Å². The van der Waals surface area contributed by atoms with Gasteiger partial charge in [-0.3, -0.25) is 4.79 Å². The molecule has 0 aliphatic heterocycles. The van der Waals surface area contributed by atoms with Gasteiger partial charge in [0.2, 0.25) is 5.91 Å². The zero-order valence-electron chi connectivity index (χ0n) is 12.7. The number of amides is 1. The van der Waals surface area contributed by atoms with Crippen molar-refractivity contribution >= 4 is 22.5 Å². The summed E-state index contributed by atoms with van der Waals surface area (Å²) in [5.74, 6) is -0.0889. The lowest BCUT2D eigenvalue weighted by Crippen LogP contribution is -2.13. The van der Waals surface area contributed by atoms with Crippen LogP contribution in [0, 0.1) is 6.92 Å². The summed E-state index contributed by atoms with van der Waals surface area (Å²) in [4.78, 5) is 14.6. The quantitative estimate of drug-likeness (QED) is 0.692. The minimum absolute atomic E-state index is 0.0889. The van der Waals surface area contributed by atoms with Crippen molar-refractivity contribution in [2.24, 2.45) is 5.73 Å². The molecule has 0 bridgehead atoms. The lowest BCUT2D eigenvalue weighted by molar-refractivity contribution is -0.114. The van der Waals surface area contributed by atoms with E-state index in [9.17, 15) is 4.79 Å². The van der Waals surface area contributed by atoms with Gasteiger partial charge >= 0.3 is 0 Å². The smallest absolute Gasteiger partial charge is 0.221 e. The minimum Gasteiger partial charge on any atom is -0.358 e. The molecule has 3 aromatic rings. The lowest BCUT2D eigenvalue weighted by atomic mass is 9.96. The molecule has 0 radical (unpaired) electrons. The highest BCUT2D eigenvalue weighted by Gasteiger charge is 2.17. The van der Waals surface area contributed by atoms with E-state index in [4.69, 9.17) is 5.73 Å². The van der Waals surface area contributed by atoms with E-state index in [1.165, 1.54) is 6.92 Å². The number of H-pyrrole nitrogens is 1. The number of nitrogens with two attached hydrogens (primary N) is 1. The zero-order valence-corrected chi connectivity index (χ0v) is 12.7. The van der Waals surface area contributed by atoms with Crippen LogP contribution < -0.4 is 11.1 Å². The fourth-order valence-corrected chi connectivity index (χ4v) is 2.88. The van der Waals surface area contributed by atoms with E-state index < -0.39 is 0 Å². The average Bonchev–Trinajstić information content (AvgIpc) is 2.82. The third-order valence-electron chi connectivity index (χ3n) is 3.82. The van der Waals surface area contributed by atoms with Crippen LogP contribution in [0.15, 0.2) is 48.5 Å². The van der Waals surface area contributed by atoms with Gasteiger partial charge in [-0.05, 0) is 30.7 Å². The van der Waals surface area contributed by atoms with Crippen LogP contribution in [-0.4, -0.2) is 10.9 Å². The third kappa shape index (κ3) is 2.61. The SMILES string of the molecule is CC(=O)Nc1cccc(C(N)c2c(C)[nH]c3ccccc23)c1. The Balaban J connectivity index is 2.04.